The van der Waals surface area contributed by atoms with E-state index in [0.717, 1.165) is 76.8 Å². The Bertz CT molecular complexity index is 691. The molecule has 2 fully saturated rings. The van der Waals surface area contributed by atoms with Gasteiger partial charge in [-0.15, -0.1) is 0 Å². The van der Waals surface area contributed by atoms with Crippen LogP contribution in [0.5, 0.6) is 0 Å². The summed E-state index contributed by atoms with van der Waals surface area (Å²) in [7, 11) is 1.11. The fourth-order valence-corrected chi connectivity index (χ4v) is 5.55. The third-order valence-electron chi connectivity index (χ3n) is 5.91. The number of morpholine rings is 1. The Morgan fingerprint density at radius 3 is 2.72 bits per heavy atom. The van der Waals surface area contributed by atoms with E-state index in [1.54, 1.807) is 0 Å². The van der Waals surface area contributed by atoms with Crippen molar-refractivity contribution in [1.82, 2.24) is 15.5 Å². The van der Waals surface area contributed by atoms with Crippen LogP contribution in [0.1, 0.15) is 43.7 Å². The maximum absolute atomic E-state index is 12.2. The fourth-order valence-electron chi connectivity index (χ4n) is 4.20. The molecule has 1 aromatic carbocycles. The second kappa shape index (κ2) is 11.7. The molecule has 1 saturated carbocycles. The number of nitrogens with one attached hydrogen (secondary N) is 2. The maximum atomic E-state index is 12.2. The number of nitrogens with zero attached hydrogens (tertiary/aromatic N) is 2. The first-order valence-corrected chi connectivity index (χ1v) is 12.3. The molecule has 2 N–H and O–H groups in total. The highest BCUT2D eigenvalue weighted by atomic mass is 32.2. The Hall–Kier alpha value is -1.44. The van der Waals surface area contributed by atoms with Gasteiger partial charge in [-0.1, -0.05) is 37.6 Å². The zero-order valence-electron chi connectivity index (χ0n) is 17.9. The van der Waals surface area contributed by atoms with E-state index in [1.165, 1.54) is 11.1 Å². The molecule has 2 aliphatic rings. The molecular formula is C22H36N4O2S. The van der Waals surface area contributed by atoms with Gasteiger partial charge in [-0.25, -0.2) is 0 Å². The van der Waals surface area contributed by atoms with Gasteiger partial charge in [0.1, 0.15) is 0 Å². The van der Waals surface area contributed by atoms with E-state index in [-0.39, 0.29) is 0 Å². The SMILES string of the molecule is CCS(=O)C1CCCC(NC(=NC)NCc2ccccc2CN2CCOCC2)C1. The molecule has 0 radical (unpaired) electrons. The smallest absolute Gasteiger partial charge is 0.191 e. The second-order valence-corrected chi connectivity index (χ2v) is 9.89. The van der Waals surface area contributed by atoms with Gasteiger partial charge in [0.15, 0.2) is 5.96 Å². The van der Waals surface area contributed by atoms with Crippen LogP contribution in [-0.4, -0.2) is 65.5 Å². The molecule has 3 atom stereocenters. The first kappa shape index (κ1) is 22.2. The van der Waals surface area contributed by atoms with Crippen LogP contribution in [0.2, 0.25) is 0 Å². The summed E-state index contributed by atoms with van der Waals surface area (Å²) in [5, 5.41) is 7.37. The van der Waals surface area contributed by atoms with Crippen LogP contribution in [0.15, 0.2) is 29.3 Å². The predicted molar refractivity (Wildman–Crippen MR) is 121 cm³/mol. The first-order chi connectivity index (χ1) is 14.2. The molecule has 1 aliphatic carbocycles. The molecule has 0 aromatic heterocycles. The molecule has 3 unspecified atom stereocenters. The zero-order chi connectivity index (χ0) is 20.5. The average molecular weight is 421 g/mol. The third-order valence-corrected chi connectivity index (χ3v) is 7.65. The van der Waals surface area contributed by atoms with Crippen molar-refractivity contribution < 1.29 is 8.95 Å². The lowest BCUT2D eigenvalue weighted by Crippen LogP contribution is -2.46. The van der Waals surface area contributed by atoms with Crippen molar-refractivity contribution in [2.75, 3.05) is 39.1 Å². The third kappa shape index (κ3) is 6.79. The van der Waals surface area contributed by atoms with Crippen LogP contribution in [-0.2, 0) is 28.6 Å². The summed E-state index contributed by atoms with van der Waals surface area (Å²) < 4.78 is 17.7. The van der Waals surface area contributed by atoms with Gasteiger partial charge in [-0.05, 0) is 30.4 Å². The van der Waals surface area contributed by atoms with Gasteiger partial charge in [0.2, 0.25) is 0 Å². The minimum Gasteiger partial charge on any atom is -0.379 e. The molecule has 6 nitrogen and oxygen atoms in total. The van der Waals surface area contributed by atoms with Crippen LogP contribution < -0.4 is 10.6 Å². The Balaban J connectivity index is 1.53. The van der Waals surface area contributed by atoms with E-state index in [4.69, 9.17) is 4.74 Å². The van der Waals surface area contributed by atoms with Gasteiger partial charge in [0.05, 0.1) is 13.2 Å². The lowest BCUT2D eigenvalue weighted by molar-refractivity contribution is 0.0341. The lowest BCUT2D eigenvalue weighted by Gasteiger charge is -2.30. The Kier molecular flexibility index (Phi) is 8.95. The molecule has 7 heteroatoms. The van der Waals surface area contributed by atoms with Gasteiger partial charge >= 0.3 is 0 Å². The Morgan fingerprint density at radius 2 is 2.00 bits per heavy atom. The van der Waals surface area contributed by atoms with Gasteiger partial charge < -0.3 is 15.4 Å². The van der Waals surface area contributed by atoms with E-state index < -0.39 is 10.8 Å². The zero-order valence-corrected chi connectivity index (χ0v) is 18.7. The van der Waals surface area contributed by atoms with E-state index in [2.05, 4.69) is 44.8 Å². The number of hydrogen-bond donors (Lipinski definition) is 2. The molecule has 1 saturated heterocycles. The van der Waals surface area contributed by atoms with E-state index >= 15 is 0 Å². The summed E-state index contributed by atoms with van der Waals surface area (Å²) in [5.74, 6) is 1.59. The minimum absolute atomic E-state index is 0.318. The highest BCUT2D eigenvalue weighted by Crippen LogP contribution is 2.23. The standard InChI is InChI=1S/C22H36N4O2S/c1-3-29(27)21-10-6-9-20(15-21)25-22(23-2)24-16-18-7-4-5-8-19(18)17-26-11-13-28-14-12-26/h4-5,7-8,20-21H,3,6,9-17H2,1-2H3,(H2,23,24,25). The van der Waals surface area contributed by atoms with Crippen LogP contribution in [0.25, 0.3) is 0 Å². The molecule has 0 amide bonds. The Morgan fingerprint density at radius 1 is 1.24 bits per heavy atom. The summed E-state index contributed by atoms with van der Waals surface area (Å²) in [6.45, 7) is 7.35. The summed E-state index contributed by atoms with van der Waals surface area (Å²) in [5.41, 5.74) is 2.66. The van der Waals surface area contributed by atoms with Crippen molar-refractivity contribution in [1.29, 1.82) is 0 Å². The van der Waals surface area contributed by atoms with Crippen LogP contribution in [0.3, 0.4) is 0 Å². The number of hydrogen-bond acceptors (Lipinski definition) is 4. The van der Waals surface area contributed by atoms with E-state index in [9.17, 15) is 4.21 Å². The van der Waals surface area contributed by atoms with Crippen LogP contribution >= 0.6 is 0 Å². The van der Waals surface area contributed by atoms with Crippen molar-refractivity contribution in [3.05, 3.63) is 35.4 Å². The van der Waals surface area contributed by atoms with Crippen molar-refractivity contribution >= 4 is 16.8 Å². The van der Waals surface area contributed by atoms with Crippen molar-refractivity contribution in [2.45, 2.75) is 57.0 Å². The van der Waals surface area contributed by atoms with Gasteiger partial charge in [-0.2, -0.15) is 0 Å². The fraction of sp³-hybridized carbons (Fsp3) is 0.682. The molecule has 1 aromatic rings. The van der Waals surface area contributed by atoms with Gasteiger partial charge in [0.25, 0.3) is 0 Å². The predicted octanol–water partition coefficient (Wildman–Crippen LogP) is 2.26. The topological polar surface area (TPSA) is 66.0 Å². The first-order valence-electron chi connectivity index (χ1n) is 10.9. The molecule has 29 heavy (non-hydrogen) atoms. The molecular weight excluding hydrogens is 384 g/mol. The molecule has 0 spiro atoms. The molecule has 1 aliphatic heterocycles. The van der Waals surface area contributed by atoms with Crippen molar-refractivity contribution in [3.8, 4) is 0 Å². The Labute approximate surface area is 178 Å². The molecule has 3 rings (SSSR count). The minimum atomic E-state index is -0.705. The monoisotopic (exact) mass is 420 g/mol. The van der Waals surface area contributed by atoms with E-state index in [1.807, 2.05) is 14.0 Å². The molecule has 1 heterocycles. The molecule has 0 bridgehead atoms. The van der Waals surface area contributed by atoms with Gasteiger partial charge in [0, 0.05) is 61.1 Å². The number of guanidine groups is 1. The quantitative estimate of drug-likeness (QED) is 0.523. The number of aliphatic imine (C=N–C) groups is 1. The highest BCUT2D eigenvalue weighted by molar-refractivity contribution is 7.85. The number of rotatable bonds is 7. The lowest BCUT2D eigenvalue weighted by atomic mass is 9.95. The van der Waals surface area contributed by atoms with Gasteiger partial charge in [-0.3, -0.25) is 14.1 Å². The highest BCUT2D eigenvalue weighted by Gasteiger charge is 2.26. The summed E-state index contributed by atoms with van der Waals surface area (Å²) >= 11 is 0. The molecule has 162 valence electrons. The summed E-state index contributed by atoms with van der Waals surface area (Å²) in [6.07, 6.45) is 4.30. The number of ether oxygens (including phenoxy) is 1. The summed E-state index contributed by atoms with van der Waals surface area (Å²) in [4.78, 5) is 6.87. The average Bonchev–Trinajstić information content (AvgIpc) is 2.78. The van der Waals surface area contributed by atoms with E-state index in [0.29, 0.717) is 11.3 Å². The van der Waals surface area contributed by atoms with Crippen molar-refractivity contribution in [3.63, 3.8) is 0 Å². The second-order valence-electron chi connectivity index (χ2n) is 7.88. The summed E-state index contributed by atoms with van der Waals surface area (Å²) in [6, 6.07) is 8.97. The van der Waals surface area contributed by atoms with Crippen LogP contribution in [0.4, 0.5) is 0 Å². The largest absolute Gasteiger partial charge is 0.379 e. The normalized spacial score (nSPS) is 24.8. The van der Waals surface area contributed by atoms with Crippen molar-refractivity contribution in [2.24, 2.45) is 4.99 Å². The maximum Gasteiger partial charge on any atom is 0.191 e. The van der Waals surface area contributed by atoms with Crippen LogP contribution in [0, 0.1) is 0 Å². The number of benzene rings is 1.